The largest absolute Gasteiger partial charge is 0.388 e. The zero-order valence-electron chi connectivity index (χ0n) is 14.4. The van der Waals surface area contributed by atoms with Gasteiger partial charge in [0.15, 0.2) is 5.82 Å². The van der Waals surface area contributed by atoms with Crippen LogP contribution in [0.15, 0.2) is 34.9 Å². The topological polar surface area (TPSA) is 91.5 Å². The Morgan fingerprint density at radius 2 is 2.20 bits per heavy atom. The van der Waals surface area contributed by atoms with E-state index in [9.17, 15) is 9.90 Å². The summed E-state index contributed by atoms with van der Waals surface area (Å²) in [6.07, 6.45) is 2.20. The Morgan fingerprint density at radius 1 is 1.40 bits per heavy atom. The molecule has 1 unspecified atom stereocenters. The molecule has 0 radical (unpaired) electrons. The van der Waals surface area contributed by atoms with Gasteiger partial charge in [-0.25, -0.2) is 0 Å². The maximum absolute atomic E-state index is 11.6. The van der Waals surface area contributed by atoms with Crippen molar-refractivity contribution in [2.24, 2.45) is 0 Å². The van der Waals surface area contributed by atoms with Crippen LogP contribution in [0.2, 0.25) is 0 Å². The van der Waals surface area contributed by atoms with E-state index in [1.807, 2.05) is 30.3 Å². The van der Waals surface area contributed by atoms with E-state index in [-0.39, 0.29) is 12.3 Å². The van der Waals surface area contributed by atoms with Crippen molar-refractivity contribution in [3.63, 3.8) is 0 Å². The number of β-amino-alcohol motifs (C(OH)–C–C–N with tert-alkyl or cyclic N) is 1. The van der Waals surface area contributed by atoms with E-state index in [4.69, 9.17) is 4.52 Å². The third kappa shape index (κ3) is 4.87. The fourth-order valence-electron chi connectivity index (χ4n) is 3.27. The number of rotatable bonds is 6. The van der Waals surface area contributed by atoms with Gasteiger partial charge in [0.1, 0.15) is 0 Å². The monoisotopic (exact) mass is 344 g/mol. The van der Waals surface area contributed by atoms with E-state index in [0.717, 1.165) is 18.5 Å². The van der Waals surface area contributed by atoms with Crippen molar-refractivity contribution in [2.75, 3.05) is 20.1 Å². The molecule has 134 valence electrons. The number of nitrogens with one attached hydrogen (secondary N) is 1. The predicted octanol–water partition coefficient (Wildman–Crippen LogP) is 1.12. The highest BCUT2D eigenvalue weighted by atomic mass is 16.5. The zero-order chi connectivity index (χ0) is 17.7. The predicted molar refractivity (Wildman–Crippen MR) is 91.7 cm³/mol. The summed E-state index contributed by atoms with van der Waals surface area (Å²) in [7, 11) is 1.58. The molecule has 1 saturated heterocycles. The van der Waals surface area contributed by atoms with Crippen molar-refractivity contribution in [1.29, 1.82) is 0 Å². The van der Waals surface area contributed by atoms with Crippen molar-refractivity contribution in [3.05, 3.63) is 47.6 Å². The van der Waals surface area contributed by atoms with Crippen molar-refractivity contribution < 1.29 is 14.4 Å². The molecule has 1 aliphatic heterocycles. The highest BCUT2D eigenvalue weighted by Crippen LogP contribution is 2.25. The molecule has 0 saturated carbocycles. The normalized spacial score (nSPS) is 21.2. The van der Waals surface area contributed by atoms with Gasteiger partial charge < -0.3 is 14.9 Å². The molecule has 0 spiro atoms. The molecule has 25 heavy (non-hydrogen) atoms. The van der Waals surface area contributed by atoms with Crippen LogP contribution in [0.4, 0.5) is 0 Å². The Balaban J connectivity index is 1.58. The standard InChI is InChI=1S/C18H24N4O3/c1-19-16(23)11-18(24)8-5-9-22(13-18)12-17-20-15(21-25-17)10-14-6-3-2-4-7-14/h2-4,6-7,24H,5,8-13H2,1H3,(H,19,23). The van der Waals surface area contributed by atoms with Gasteiger partial charge in [-0.15, -0.1) is 0 Å². The van der Waals surface area contributed by atoms with Crippen LogP contribution in [-0.2, 0) is 17.8 Å². The van der Waals surface area contributed by atoms with E-state index < -0.39 is 5.60 Å². The molecule has 0 aliphatic carbocycles. The van der Waals surface area contributed by atoms with Crippen LogP contribution in [0.5, 0.6) is 0 Å². The van der Waals surface area contributed by atoms with Gasteiger partial charge in [-0.2, -0.15) is 4.98 Å². The van der Waals surface area contributed by atoms with Gasteiger partial charge in [0.05, 0.1) is 18.6 Å². The molecule has 1 amide bonds. The number of aromatic nitrogens is 2. The fraction of sp³-hybridized carbons (Fsp3) is 0.500. The maximum Gasteiger partial charge on any atom is 0.240 e. The molecule has 7 nitrogen and oxygen atoms in total. The van der Waals surface area contributed by atoms with Crippen molar-refractivity contribution in [3.8, 4) is 0 Å². The molecule has 7 heteroatoms. The van der Waals surface area contributed by atoms with E-state index in [2.05, 4.69) is 20.4 Å². The third-order valence-corrected chi connectivity index (χ3v) is 4.48. The van der Waals surface area contributed by atoms with Crippen LogP contribution in [0, 0.1) is 0 Å². The van der Waals surface area contributed by atoms with Gasteiger partial charge in [0.25, 0.3) is 0 Å². The first-order valence-electron chi connectivity index (χ1n) is 8.57. The lowest BCUT2D eigenvalue weighted by Crippen LogP contribution is -2.49. The van der Waals surface area contributed by atoms with Crippen LogP contribution in [0.1, 0.15) is 36.5 Å². The number of benzene rings is 1. The average Bonchev–Trinajstić information content (AvgIpc) is 3.02. The van der Waals surface area contributed by atoms with Crippen molar-refractivity contribution in [2.45, 2.75) is 37.8 Å². The van der Waals surface area contributed by atoms with E-state index in [0.29, 0.717) is 37.6 Å². The molecule has 1 aliphatic rings. The lowest BCUT2D eigenvalue weighted by atomic mass is 9.89. The molecular weight excluding hydrogens is 320 g/mol. The van der Waals surface area contributed by atoms with Crippen molar-refractivity contribution in [1.82, 2.24) is 20.4 Å². The zero-order valence-corrected chi connectivity index (χ0v) is 14.4. The molecule has 2 aromatic rings. The van der Waals surface area contributed by atoms with Crippen molar-refractivity contribution >= 4 is 5.91 Å². The number of carbonyl (C=O) groups excluding carboxylic acids is 1. The highest BCUT2D eigenvalue weighted by Gasteiger charge is 2.35. The van der Waals surface area contributed by atoms with Crippen LogP contribution >= 0.6 is 0 Å². The molecule has 2 heterocycles. The van der Waals surface area contributed by atoms with Gasteiger partial charge >= 0.3 is 0 Å². The van der Waals surface area contributed by atoms with Gasteiger partial charge in [0, 0.05) is 20.0 Å². The summed E-state index contributed by atoms with van der Waals surface area (Å²) in [5.74, 6) is 1.04. The second-order valence-corrected chi connectivity index (χ2v) is 6.66. The summed E-state index contributed by atoms with van der Waals surface area (Å²) in [5, 5.41) is 17.3. The van der Waals surface area contributed by atoms with Crippen LogP contribution in [-0.4, -0.2) is 51.8 Å². The molecular formula is C18H24N4O3. The first kappa shape index (κ1) is 17.6. The van der Waals surface area contributed by atoms with Gasteiger partial charge in [-0.1, -0.05) is 35.5 Å². The smallest absolute Gasteiger partial charge is 0.240 e. The Morgan fingerprint density at radius 3 is 2.96 bits per heavy atom. The molecule has 1 aromatic carbocycles. The minimum absolute atomic E-state index is 0.114. The molecule has 3 rings (SSSR count). The van der Waals surface area contributed by atoms with Gasteiger partial charge in [-0.3, -0.25) is 9.69 Å². The second-order valence-electron chi connectivity index (χ2n) is 6.66. The summed E-state index contributed by atoms with van der Waals surface area (Å²) in [6, 6.07) is 10.00. The number of carbonyl (C=O) groups is 1. The second kappa shape index (κ2) is 7.76. The Bertz CT molecular complexity index is 703. The highest BCUT2D eigenvalue weighted by molar-refractivity contribution is 5.76. The number of likely N-dealkylation sites (tertiary alicyclic amines) is 1. The first-order valence-corrected chi connectivity index (χ1v) is 8.57. The molecule has 1 atom stereocenters. The van der Waals surface area contributed by atoms with Crippen LogP contribution < -0.4 is 5.32 Å². The Hall–Kier alpha value is -2.25. The first-order chi connectivity index (χ1) is 12.1. The minimum Gasteiger partial charge on any atom is -0.388 e. The van der Waals surface area contributed by atoms with E-state index >= 15 is 0 Å². The molecule has 1 fully saturated rings. The quantitative estimate of drug-likeness (QED) is 0.816. The molecule has 2 N–H and O–H groups in total. The van der Waals surface area contributed by atoms with E-state index in [1.54, 1.807) is 7.05 Å². The third-order valence-electron chi connectivity index (χ3n) is 4.48. The lowest BCUT2D eigenvalue weighted by molar-refractivity contribution is -0.128. The summed E-state index contributed by atoms with van der Waals surface area (Å²) < 4.78 is 5.35. The lowest BCUT2D eigenvalue weighted by Gasteiger charge is -2.38. The van der Waals surface area contributed by atoms with Crippen LogP contribution in [0.3, 0.4) is 0 Å². The number of nitrogens with zero attached hydrogens (tertiary/aromatic N) is 3. The Kier molecular flexibility index (Phi) is 5.45. The fourth-order valence-corrected chi connectivity index (χ4v) is 3.27. The Labute approximate surface area is 147 Å². The molecule has 0 bridgehead atoms. The average molecular weight is 344 g/mol. The number of piperidine rings is 1. The minimum atomic E-state index is -0.995. The SMILES string of the molecule is CNC(=O)CC1(O)CCCN(Cc2nc(Cc3ccccc3)no2)C1. The summed E-state index contributed by atoms with van der Waals surface area (Å²) in [5.41, 5.74) is 0.137. The maximum atomic E-state index is 11.6. The number of hydrogen-bond donors (Lipinski definition) is 2. The van der Waals surface area contributed by atoms with Crippen LogP contribution in [0.25, 0.3) is 0 Å². The summed E-state index contributed by atoms with van der Waals surface area (Å²) in [6.45, 7) is 1.75. The molecule has 1 aromatic heterocycles. The van der Waals surface area contributed by atoms with Gasteiger partial charge in [0.2, 0.25) is 11.8 Å². The van der Waals surface area contributed by atoms with Gasteiger partial charge in [-0.05, 0) is 24.9 Å². The van der Waals surface area contributed by atoms with E-state index in [1.165, 1.54) is 0 Å². The number of amides is 1. The number of aliphatic hydroxyl groups is 1. The number of hydrogen-bond acceptors (Lipinski definition) is 6. The summed E-state index contributed by atoms with van der Waals surface area (Å²) >= 11 is 0. The summed E-state index contributed by atoms with van der Waals surface area (Å²) in [4.78, 5) is 18.1.